The molecule has 3 rings (SSSR count). The van der Waals surface area contributed by atoms with E-state index in [0.717, 1.165) is 21.1 Å². The molecule has 0 aliphatic heterocycles. The van der Waals surface area contributed by atoms with Crippen LogP contribution in [-0.2, 0) is 6.54 Å². The summed E-state index contributed by atoms with van der Waals surface area (Å²) in [7, 11) is 0. The highest BCUT2D eigenvalue weighted by Crippen LogP contribution is 2.16. The molecule has 0 aliphatic rings. The minimum atomic E-state index is 0.521. The Morgan fingerprint density at radius 1 is 1.19 bits per heavy atom. The first-order chi connectivity index (χ1) is 10.3. The molecule has 0 N–H and O–H groups in total. The Labute approximate surface area is 131 Å². The summed E-state index contributed by atoms with van der Waals surface area (Å²) in [4.78, 5) is 4.34. The summed E-state index contributed by atoms with van der Waals surface area (Å²) in [5, 5.41) is 9.35. The van der Waals surface area contributed by atoms with Gasteiger partial charge in [-0.05, 0) is 35.9 Å². The van der Waals surface area contributed by atoms with Gasteiger partial charge in [0.05, 0.1) is 30.0 Å². The number of fused-ring (bicyclic) bond motifs is 1. The van der Waals surface area contributed by atoms with Gasteiger partial charge in [-0.15, -0.1) is 0 Å². The Kier molecular flexibility index (Phi) is 3.85. The molecule has 2 aromatic carbocycles. The van der Waals surface area contributed by atoms with Gasteiger partial charge in [-0.3, -0.25) is 0 Å². The van der Waals surface area contributed by atoms with Crippen LogP contribution in [0.25, 0.3) is 17.1 Å². The van der Waals surface area contributed by atoms with Gasteiger partial charge in [0.15, 0.2) is 0 Å². The molecule has 0 saturated carbocycles. The van der Waals surface area contributed by atoms with Crippen molar-refractivity contribution in [1.29, 1.82) is 5.26 Å². The molecule has 4 heteroatoms. The molecule has 102 valence electrons. The minimum absolute atomic E-state index is 0.521. The molecule has 3 nitrogen and oxygen atoms in total. The molecular formula is C17H12BrN3. The fourth-order valence-corrected chi connectivity index (χ4v) is 2.46. The second-order valence-corrected chi connectivity index (χ2v) is 5.61. The highest BCUT2D eigenvalue weighted by molar-refractivity contribution is 9.10. The highest BCUT2D eigenvalue weighted by atomic mass is 79.9. The van der Waals surface area contributed by atoms with E-state index in [1.807, 2.05) is 59.2 Å². The second kappa shape index (κ2) is 5.94. The van der Waals surface area contributed by atoms with Crippen molar-refractivity contribution in [2.75, 3.05) is 0 Å². The molecule has 0 bridgehead atoms. The lowest BCUT2D eigenvalue weighted by Crippen LogP contribution is -1.98. The van der Waals surface area contributed by atoms with E-state index in [1.165, 1.54) is 0 Å². The molecule has 3 aromatic rings. The van der Waals surface area contributed by atoms with Gasteiger partial charge in [0, 0.05) is 10.0 Å². The van der Waals surface area contributed by atoms with Crippen molar-refractivity contribution < 1.29 is 0 Å². The van der Waals surface area contributed by atoms with Gasteiger partial charge in [-0.1, -0.05) is 40.2 Å². The number of halogens is 1. The first kappa shape index (κ1) is 13.6. The van der Waals surface area contributed by atoms with E-state index >= 15 is 0 Å². The lowest BCUT2D eigenvalue weighted by atomic mass is 10.1. The fourth-order valence-electron chi connectivity index (χ4n) is 2.19. The van der Waals surface area contributed by atoms with Crippen molar-refractivity contribution >= 4 is 33.0 Å². The van der Waals surface area contributed by atoms with Crippen LogP contribution in [0.3, 0.4) is 0 Å². The number of hydrogen-bond acceptors (Lipinski definition) is 2. The standard InChI is InChI=1S/C17H12BrN3/c18-15-7-5-13(6-8-15)9-14(10-19)11-21-12-20-16-3-1-2-4-17(16)21/h1-9,12H,11H2/b14-9-. The lowest BCUT2D eigenvalue weighted by molar-refractivity contribution is 0.830. The number of benzene rings is 2. The molecule has 0 fully saturated rings. The van der Waals surface area contributed by atoms with Crippen molar-refractivity contribution in [3.63, 3.8) is 0 Å². The molecule has 0 radical (unpaired) electrons. The smallest absolute Gasteiger partial charge is 0.0966 e. The van der Waals surface area contributed by atoms with E-state index < -0.39 is 0 Å². The van der Waals surface area contributed by atoms with Crippen LogP contribution < -0.4 is 0 Å². The zero-order chi connectivity index (χ0) is 14.7. The summed E-state index contributed by atoms with van der Waals surface area (Å²) in [5.74, 6) is 0. The zero-order valence-corrected chi connectivity index (χ0v) is 12.8. The van der Waals surface area contributed by atoms with E-state index in [2.05, 4.69) is 27.0 Å². The summed E-state index contributed by atoms with van der Waals surface area (Å²) in [6.07, 6.45) is 3.68. The maximum Gasteiger partial charge on any atom is 0.0966 e. The number of nitrogens with zero attached hydrogens (tertiary/aromatic N) is 3. The van der Waals surface area contributed by atoms with E-state index in [1.54, 1.807) is 6.33 Å². The van der Waals surface area contributed by atoms with Crippen LogP contribution in [0, 0.1) is 11.3 Å². The van der Waals surface area contributed by atoms with Crippen LogP contribution in [0.4, 0.5) is 0 Å². The van der Waals surface area contributed by atoms with Crippen LogP contribution >= 0.6 is 15.9 Å². The Morgan fingerprint density at radius 2 is 1.95 bits per heavy atom. The first-order valence-electron chi connectivity index (χ1n) is 6.52. The van der Waals surface area contributed by atoms with Gasteiger partial charge < -0.3 is 4.57 Å². The third-order valence-corrected chi connectivity index (χ3v) is 3.75. The van der Waals surface area contributed by atoms with Crippen molar-refractivity contribution in [1.82, 2.24) is 9.55 Å². The van der Waals surface area contributed by atoms with Crippen molar-refractivity contribution in [3.05, 3.63) is 70.5 Å². The lowest BCUT2D eigenvalue weighted by Gasteiger charge is -2.03. The topological polar surface area (TPSA) is 41.6 Å². The van der Waals surface area contributed by atoms with Gasteiger partial charge in [-0.2, -0.15) is 5.26 Å². The summed E-state index contributed by atoms with van der Waals surface area (Å²) in [6.45, 7) is 0.521. The monoisotopic (exact) mass is 337 g/mol. The predicted octanol–water partition coefficient (Wildman–Crippen LogP) is 4.41. The first-order valence-corrected chi connectivity index (χ1v) is 7.32. The number of imidazole rings is 1. The van der Waals surface area contributed by atoms with E-state index in [4.69, 9.17) is 0 Å². The van der Waals surface area contributed by atoms with E-state index in [0.29, 0.717) is 12.1 Å². The number of para-hydroxylation sites is 2. The van der Waals surface area contributed by atoms with Crippen LogP contribution in [-0.4, -0.2) is 9.55 Å². The van der Waals surface area contributed by atoms with E-state index in [-0.39, 0.29) is 0 Å². The quantitative estimate of drug-likeness (QED) is 0.664. The third kappa shape index (κ3) is 3.04. The summed E-state index contributed by atoms with van der Waals surface area (Å²) in [5.41, 5.74) is 3.69. The van der Waals surface area contributed by atoms with Gasteiger partial charge >= 0.3 is 0 Å². The highest BCUT2D eigenvalue weighted by Gasteiger charge is 2.04. The molecular weight excluding hydrogens is 326 g/mol. The van der Waals surface area contributed by atoms with Gasteiger partial charge in [-0.25, -0.2) is 4.98 Å². The Balaban J connectivity index is 1.91. The van der Waals surface area contributed by atoms with Gasteiger partial charge in [0.25, 0.3) is 0 Å². The average molecular weight is 338 g/mol. The van der Waals surface area contributed by atoms with Gasteiger partial charge in [0.1, 0.15) is 0 Å². The molecule has 0 saturated heterocycles. The summed E-state index contributed by atoms with van der Waals surface area (Å²) >= 11 is 3.41. The maximum absolute atomic E-state index is 9.35. The number of nitriles is 1. The molecule has 0 spiro atoms. The van der Waals surface area contributed by atoms with Crippen LogP contribution in [0.2, 0.25) is 0 Å². The Hall–Kier alpha value is -2.38. The molecule has 0 atom stereocenters. The second-order valence-electron chi connectivity index (χ2n) is 4.69. The number of rotatable bonds is 3. The maximum atomic E-state index is 9.35. The minimum Gasteiger partial charge on any atom is -0.325 e. The Morgan fingerprint density at radius 3 is 2.71 bits per heavy atom. The number of hydrogen-bond donors (Lipinski definition) is 0. The SMILES string of the molecule is N#C/C(=C/c1ccc(Br)cc1)Cn1cnc2ccccc21. The summed E-state index contributed by atoms with van der Waals surface area (Å²) in [6, 6.07) is 18.1. The molecule has 21 heavy (non-hydrogen) atoms. The number of allylic oxidation sites excluding steroid dienone is 1. The fraction of sp³-hybridized carbons (Fsp3) is 0.0588. The van der Waals surface area contributed by atoms with Crippen LogP contribution in [0.1, 0.15) is 5.56 Å². The molecule has 1 aromatic heterocycles. The van der Waals surface area contributed by atoms with Crippen LogP contribution in [0.15, 0.2) is 64.9 Å². The number of aromatic nitrogens is 2. The zero-order valence-electron chi connectivity index (χ0n) is 11.2. The third-order valence-electron chi connectivity index (χ3n) is 3.22. The molecule has 0 amide bonds. The van der Waals surface area contributed by atoms with Crippen molar-refractivity contribution in [2.45, 2.75) is 6.54 Å². The predicted molar refractivity (Wildman–Crippen MR) is 87.5 cm³/mol. The normalized spacial score (nSPS) is 11.5. The molecule has 0 aliphatic carbocycles. The van der Waals surface area contributed by atoms with Crippen LogP contribution in [0.5, 0.6) is 0 Å². The van der Waals surface area contributed by atoms with Crippen molar-refractivity contribution in [2.24, 2.45) is 0 Å². The van der Waals surface area contributed by atoms with Gasteiger partial charge in [0.2, 0.25) is 0 Å². The Bertz CT molecular complexity index is 838. The van der Waals surface area contributed by atoms with Crippen molar-refractivity contribution in [3.8, 4) is 6.07 Å². The van der Waals surface area contributed by atoms with E-state index in [9.17, 15) is 5.26 Å². The molecule has 0 unspecified atom stereocenters. The largest absolute Gasteiger partial charge is 0.325 e. The summed E-state index contributed by atoms with van der Waals surface area (Å²) < 4.78 is 3.02. The molecule has 1 heterocycles. The average Bonchev–Trinajstić information content (AvgIpc) is 2.92.